The fourth-order valence-electron chi connectivity index (χ4n) is 3.36. The minimum atomic E-state index is 0.119. The molecule has 0 amide bonds. The van der Waals surface area contributed by atoms with Crippen molar-refractivity contribution >= 4 is 17.3 Å². The van der Waals surface area contributed by atoms with Crippen molar-refractivity contribution in [1.82, 2.24) is 15.1 Å². The summed E-state index contributed by atoms with van der Waals surface area (Å²) in [5, 5.41) is 18.1. The molecule has 130 valence electrons. The molecule has 1 aromatic heterocycles. The maximum atomic E-state index is 9.11. The van der Waals surface area contributed by atoms with Crippen molar-refractivity contribution in [1.29, 1.82) is 0 Å². The third-order valence-electron chi connectivity index (χ3n) is 4.79. The standard InChI is InChI=1S/C18H25ClN4O/c1-13-18(14(2)23(21-13)9-10-24)11-20-16-7-8-22(12-16)17-5-3-15(19)4-6-17/h3-6,16,20,24H,7-12H2,1-2H3. The van der Waals surface area contributed by atoms with Gasteiger partial charge in [0, 0.05) is 47.6 Å². The molecule has 6 heteroatoms. The highest BCUT2D eigenvalue weighted by molar-refractivity contribution is 6.30. The third kappa shape index (κ3) is 3.74. The Labute approximate surface area is 148 Å². The number of anilines is 1. The molecule has 2 aromatic rings. The van der Waals surface area contributed by atoms with Crippen LogP contribution >= 0.6 is 11.6 Å². The van der Waals surface area contributed by atoms with Crippen LogP contribution in [0.3, 0.4) is 0 Å². The Kier molecular flexibility index (Phi) is 5.43. The van der Waals surface area contributed by atoms with Crippen molar-refractivity contribution in [3.05, 3.63) is 46.2 Å². The summed E-state index contributed by atoms with van der Waals surface area (Å²) in [6, 6.07) is 8.52. The smallest absolute Gasteiger partial charge is 0.0644 e. The van der Waals surface area contributed by atoms with Gasteiger partial charge in [0.25, 0.3) is 0 Å². The predicted molar refractivity (Wildman–Crippen MR) is 97.7 cm³/mol. The van der Waals surface area contributed by atoms with Crippen LogP contribution in [0.1, 0.15) is 23.4 Å². The molecule has 0 spiro atoms. The van der Waals surface area contributed by atoms with Crippen LogP contribution in [0.4, 0.5) is 5.69 Å². The van der Waals surface area contributed by atoms with Crippen LogP contribution in [0.5, 0.6) is 0 Å². The summed E-state index contributed by atoms with van der Waals surface area (Å²) in [6.07, 6.45) is 1.13. The molecule has 0 radical (unpaired) electrons. The van der Waals surface area contributed by atoms with Gasteiger partial charge in [-0.1, -0.05) is 11.6 Å². The number of nitrogens with one attached hydrogen (secondary N) is 1. The second-order valence-electron chi connectivity index (χ2n) is 6.39. The number of rotatable bonds is 6. The molecule has 0 bridgehead atoms. The number of hydrogen-bond acceptors (Lipinski definition) is 4. The highest BCUT2D eigenvalue weighted by Gasteiger charge is 2.23. The first-order valence-corrected chi connectivity index (χ1v) is 8.84. The summed E-state index contributed by atoms with van der Waals surface area (Å²) in [7, 11) is 0. The van der Waals surface area contributed by atoms with Gasteiger partial charge in [-0.15, -0.1) is 0 Å². The molecule has 5 nitrogen and oxygen atoms in total. The highest BCUT2D eigenvalue weighted by Crippen LogP contribution is 2.23. The van der Waals surface area contributed by atoms with Crippen LogP contribution in [0.25, 0.3) is 0 Å². The summed E-state index contributed by atoms with van der Waals surface area (Å²) < 4.78 is 1.89. The van der Waals surface area contributed by atoms with E-state index in [4.69, 9.17) is 16.7 Å². The lowest BCUT2D eigenvalue weighted by atomic mass is 10.1. The van der Waals surface area contributed by atoms with E-state index in [1.807, 2.05) is 23.7 Å². The van der Waals surface area contributed by atoms with Gasteiger partial charge in [-0.05, 0) is 44.5 Å². The van der Waals surface area contributed by atoms with E-state index >= 15 is 0 Å². The minimum Gasteiger partial charge on any atom is -0.394 e. The summed E-state index contributed by atoms with van der Waals surface area (Å²) in [6.45, 7) is 7.66. The van der Waals surface area contributed by atoms with Gasteiger partial charge in [-0.25, -0.2) is 0 Å². The van der Waals surface area contributed by atoms with Crippen molar-refractivity contribution < 1.29 is 5.11 Å². The molecule has 0 saturated carbocycles. The molecule has 3 rings (SSSR count). The normalized spacial score (nSPS) is 17.7. The molecule has 0 aliphatic carbocycles. The Morgan fingerprint density at radius 3 is 2.75 bits per heavy atom. The maximum absolute atomic E-state index is 9.11. The number of hydrogen-bond donors (Lipinski definition) is 2. The predicted octanol–water partition coefficient (Wildman–Crippen LogP) is 2.51. The van der Waals surface area contributed by atoms with Gasteiger partial charge in [0.15, 0.2) is 0 Å². The maximum Gasteiger partial charge on any atom is 0.0644 e. The van der Waals surface area contributed by atoms with E-state index in [1.54, 1.807) is 0 Å². The van der Waals surface area contributed by atoms with E-state index in [2.05, 4.69) is 34.4 Å². The Balaban J connectivity index is 1.57. The van der Waals surface area contributed by atoms with E-state index in [0.29, 0.717) is 12.6 Å². The van der Waals surface area contributed by atoms with Crippen molar-refractivity contribution in [2.24, 2.45) is 0 Å². The van der Waals surface area contributed by atoms with Crippen LogP contribution in [-0.2, 0) is 13.1 Å². The Morgan fingerprint density at radius 2 is 2.04 bits per heavy atom. The van der Waals surface area contributed by atoms with Gasteiger partial charge in [0.1, 0.15) is 0 Å². The number of aromatic nitrogens is 2. The van der Waals surface area contributed by atoms with Gasteiger partial charge in [-0.3, -0.25) is 4.68 Å². The van der Waals surface area contributed by atoms with E-state index in [9.17, 15) is 0 Å². The fourth-order valence-corrected chi connectivity index (χ4v) is 3.49. The molecule has 2 N–H and O–H groups in total. The number of benzene rings is 1. The highest BCUT2D eigenvalue weighted by atomic mass is 35.5. The van der Waals surface area contributed by atoms with Crippen LogP contribution in [0.2, 0.25) is 5.02 Å². The number of nitrogens with zero attached hydrogens (tertiary/aromatic N) is 3. The topological polar surface area (TPSA) is 53.3 Å². The van der Waals surface area contributed by atoms with Crippen LogP contribution < -0.4 is 10.2 Å². The first kappa shape index (κ1) is 17.3. The van der Waals surface area contributed by atoms with Crippen molar-refractivity contribution in [2.45, 2.75) is 39.4 Å². The van der Waals surface area contributed by atoms with Crippen LogP contribution in [-0.4, -0.2) is 40.6 Å². The molecule has 2 heterocycles. The number of halogens is 1. The summed E-state index contributed by atoms with van der Waals surface area (Å²) in [5.41, 5.74) is 4.66. The largest absolute Gasteiger partial charge is 0.394 e. The monoisotopic (exact) mass is 348 g/mol. The third-order valence-corrected chi connectivity index (χ3v) is 5.04. The van der Waals surface area contributed by atoms with Gasteiger partial charge in [0.2, 0.25) is 0 Å². The average Bonchev–Trinajstić information content (AvgIpc) is 3.13. The molecular formula is C18H25ClN4O. The van der Waals surface area contributed by atoms with Crippen molar-refractivity contribution in [2.75, 3.05) is 24.6 Å². The molecule has 24 heavy (non-hydrogen) atoms. The molecule has 1 aromatic carbocycles. The Morgan fingerprint density at radius 1 is 1.29 bits per heavy atom. The van der Waals surface area contributed by atoms with Crippen molar-refractivity contribution in [3.63, 3.8) is 0 Å². The second-order valence-corrected chi connectivity index (χ2v) is 6.82. The average molecular weight is 349 g/mol. The molecule has 1 saturated heterocycles. The number of aryl methyl sites for hydroxylation is 1. The lowest BCUT2D eigenvalue weighted by molar-refractivity contribution is 0.267. The zero-order valence-corrected chi connectivity index (χ0v) is 15.1. The molecular weight excluding hydrogens is 324 g/mol. The van der Waals surface area contributed by atoms with Gasteiger partial charge < -0.3 is 15.3 Å². The van der Waals surface area contributed by atoms with Gasteiger partial charge >= 0.3 is 0 Å². The molecule has 1 fully saturated rings. The fraction of sp³-hybridized carbons (Fsp3) is 0.500. The lowest BCUT2D eigenvalue weighted by Gasteiger charge is -2.19. The molecule has 1 aliphatic rings. The minimum absolute atomic E-state index is 0.119. The second kappa shape index (κ2) is 7.55. The summed E-state index contributed by atoms with van der Waals surface area (Å²) >= 11 is 5.96. The Bertz CT molecular complexity index is 683. The van der Waals surface area contributed by atoms with Gasteiger partial charge in [0.05, 0.1) is 18.8 Å². The first-order valence-electron chi connectivity index (χ1n) is 8.46. The SMILES string of the molecule is Cc1nn(CCO)c(C)c1CNC1CCN(c2ccc(Cl)cc2)C1. The van der Waals surface area contributed by atoms with Gasteiger partial charge in [-0.2, -0.15) is 5.10 Å². The van der Waals surface area contributed by atoms with E-state index in [0.717, 1.165) is 42.5 Å². The first-order chi connectivity index (χ1) is 11.6. The number of aliphatic hydroxyl groups is 1. The van der Waals surface area contributed by atoms with E-state index in [-0.39, 0.29) is 6.61 Å². The summed E-state index contributed by atoms with van der Waals surface area (Å²) in [5.74, 6) is 0. The van der Waals surface area contributed by atoms with E-state index in [1.165, 1.54) is 11.3 Å². The summed E-state index contributed by atoms with van der Waals surface area (Å²) in [4.78, 5) is 2.39. The zero-order chi connectivity index (χ0) is 17.1. The molecule has 1 aliphatic heterocycles. The number of aliphatic hydroxyl groups excluding tert-OH is 1. The van der Waals surface area contributed by atoms with Crippen LogP contribution in [0.15, 0.2) is 24.3 Å². The van der Waals surface area contributed by atoms with Crippen molar-refractivity contribution in [3.8, 4) is 0 Å². The molecule has 1 atom stereocenters. The molecule has 1 unspecified atom stereocenters. The lowest BCUT2D eigenvalue weighted by Crippen LogP contribution is -2.32. The van der Waals surface area contributed by atoms with Crippen LogP contribution in [0, 0.1) is 13.8 Å². The Hall–Kier alpha value is -1.56. The zero-order valence-electron chi connectivity index (χ0n) is 14.3. The quantitative estimate of drug-likeness (QED) is 0.842. The van der Waals surface area contributed by atoms with E-state index < -0.39 is 0 Å².